The predicted octanol–water partition coefficient (Wildman–Crippen LogP) is -0.187. The van der Waals surface area contributed by atoms with Crippen LogP contribution in [0.5, 0.6) is 0 Å². The van der Waals surface area contributed by atoms with Gasteiger partial charge in [0.1, 0.15) is 12.3 Å². The third-order valence-corrected chi connectivity index (χ3v) is 1.32. The molecular formula is C8H10N2O3. The molecule has 0 spiro atoms. The number of aliphatic hydroxyl groups excluding tert-OH is 1. The summed E-state index contributed by atoms with van der Waals surface area (Å²) in [6.45, 7) is -0.233. The monoisotopic (exact) mass is 182 g/mol. The summed E-state index contributed by atoms with van der Waals surface area (Å²) in [6, 6.07) is 2.99. The first-order chi connectivity index (χ1) is 6.24. The molecule has 0 aromatic carbocycles. The topological polar surface area (TPSA) is 85.4 Å². The van der Waals surface area contributed by atoms with E-state index >= 15 is 0 Å². The van der Waals surface area contributed by atoms with Crippen LogP contribution >= 0.6 is 0 Å². The average Bonchev–Trinajstić information content (AvgIpc) is 2.14. The number of rotatable bonds is 3. The number of nitrogens with zero attached hydrogens (tertiary/aromatic N) is 1. The van der Waals surface area contributed by atoms with Crippen LogP contribution in [-0.4, -0.2) is 29.3 Å². The molecule has 0 fully saturated rings. The first-order valence-electron chi connectivity index (χ1n) is 3.73. The van der Waals surface area contributed by atoms with E-state index in [-0.39, 0.29) is 18.9 Å². The molecule has 5 nitrogen and oxygen atoms in total. The van der Waals surface area contributed by atoms with Crippen LogP contribution in [0.25, 0.3) is 0 Å². The Labute approximate surface area is 75.2 Å². The third-order valence-electron chi connectivity index (χ3n) is 1.32. The zero-order chi connectivity index (χ0) is 9.68. The SMILES string of the molecule is Nc1ccnc(C(=O)OCCO)c1. The molecule has 13 heavy (non-hydrogen) atoms. The fraction of sp³-hybridized carbons (Fsp3) is 0.250. The molecule has 0 bridgehead atoms. The number of anilines is 1. The molecule has 0 saturated heterocycles. The number of hydrogen-bond acceptors (Lipinski definition) is 5. The van der Waals surface area contributed by atoms with Crippen molar-refractivity contribution in [3.8, 4) is 0 Å². The summed E-state index contributed by atoms with van der Waals surface area (Å²) in [6.07, 6.45) is 1.42. The van der Waals surface area contributed by atoms with E-state index in [0.29, 0.717) is 5.69 Å². The minimum atomic E-state index is -0.582. The summed E-state index contributed by atoms with van der Waals surface area (Å²) in [7, 11) is 0. The number of aliphatic hydroxyl groups is 1. The van der Waals surface area contributed by atoms with Gasteiger partial charge in [-0.3, -0.25) is 0 Å². The predicted molar refractivity (Wildman–Crippen MR) is 46.0 cm³/mol. The Balaban J connectivity index is 2.66. The molecule has 3 N–H and O–H groups in total. The van der Waals surface area contributed by atoms with Crippen molar-refractivity contribution in [1.82, 2.24) is 4.98 Å². The lowest BCUT2D eigenvalue weighted by Gasteiger charge is -2.01. The molecule has 0 saturated carbocycles. The van der Waals surface area contributed by atoms with Gasteiger partial charge in [0.05, 0.1) is 6.61 Å². The van der Waals surface area contributed by atoms with Crippen molar-refractivity contribution in [3.05, 3.63) is 24.0 Å². The van der Waals surface area contributed by atoms with E-state index in [4.69, 9.17) is 10.8 Å². The Morgan fingerprint density at radius 1 is 1.69 bits per heavy atom. The average molecular weight is 182 g/mol. The number of hydrogen-bond donors (Lipinski definition) is 2. The van der Waals surface area contributed by atoms with Gasteiger partial charge in [-0.1, -0.05) is 0 Å². The number of nitrogen functional groups attached to an aromatic ring is 1. The van der Waals surface area contributed by atoms with Gasteiger partial charge in [-0.2, -0.15) is 0 Å². The molecule has 5 heteroatoms. The fourth-order valence-electron chi connectivity index (χ4n) is 0.771. The lowest BCUT2D eigenvalue weighted by atomic mass is 10.3. The lowest BCUT2D eigenvalue weighted by Crippen LogP contribution is -2.10. The number of carbonyl (C=O) groups excluding carboxylic acids is 1. The first kappa shape index (κ1) is 9.47. The van der Waals surface area contributed by atoms with Crippen LogP contribution < -0.4 is 5.73 Å². The smallest absolute Gasteiger partial charge is 0.357 e. The molecule has 0 aliphatic rings. The van der Waals surface area contributed by atoms with E-state index in [2.05, 4.69) is 9.72 Å². The largest absolute Gasteiger partial charge is 0.459 e. The summed E-state index contributed by atoms with van der Waals surface area (Å²) >= 11 is 0. The quantitative estimate of drug-likeness (QED) is 0.633. The Morgan fingerprint density at radius 3 is 3.08 bits per heavy atom. The summed E-state index contributed by atoms with van der Waals surface area (Å²) in [4.78, 5) is 14.9. The number of pyridine rings is 1. The van der Waals surface area contributed by atoms with Crippen LogP contribution in [0, 0.1) is 0 Å². The van der Waals surface area contributed by atoms with Gasteiger partial charge in [-0.05, 0) is 12.1 Å². The Morgan fingerprint density at radius 2 is 2.46 bits per heavy atom. The van der Waals surface area contributed by atoms with Gasteiger partial charge in [0, 0.05) is 11.9 Å². The molecule has 70 valence electrons. The Kier molecular flexibility index (Phi) is 3.22. The lowest BCUT2D eigenvalue weighted by molar-refractivity contribution is 0.0427. The van der Waals surface area contributed by atoms with Crippen molar-refractivity contribution in [1.29, 1.82) is 0 Å². The zero-order valence-electron chi connectivity index (χ0n) is 6.93. The van der Waals surface area contributed by atoms with E-state index in [0.717, 1.165) is 0 Å². The molecule has 1 rings (SSSR count). The summed E-state index contributed by atoms with van der Waals surface area (Å²) in [5, 5.41) is 8.39. The van der Waals surface area contributed by atoms with Gasteiger partial charge in [-0.25, -0.2) is 9.78 Å². The van der Waals surface area contributed by atoms with Gasteiger partial charge in [0.25, 0.3) is 0 Å². The summed E-state index contributed by atoms with van der Waals surface area (Å²) in [5.74, 6) is -0.582. The summed E-state index contributed by atoms with van der Waals surface area (Å²) in [5.41, 5.74) is 6.02. The Hall–Kier alpha value is -1.62. The summed E-state index contributed by atoms with van der Waals surface area (Å²) < 4.78 is 4.63. The second-order valence-corrected chi connectivity index (χ2v) is 2.33. The van der Waals surface area contributed by atoms with Gasteiger partial charge in [0.2, 0.25) is 0 Å². The van der Waals surface area contributed by atoms with Crippen molar-refractivity contribution < 1.29 is 14.6 Å². The molecule has 0 atom stereocenters. The van der Waals surface area contributed by atoms with Crippen LogP contribution in [0.2, 0.25) is 0 Å². The molecule has 0 aliphatic heterocycles. The van der Waals surface area contributed by atoms with Crippen LogP contribution in [0.4, 0.5) is 5.69 Å². The molecule has 1 heterocycles. The highest BCUT2D eigenvalue weighted by Crippen LogP contribution is 2.03. The van der Waals surface area contributed by atoms with E-state index in [1.54, 1.807) is 6.07 Å². The zero-order valence-corrected chi connectivity index (χ0v) is 6.93. The van der Waals surface area contributed by atoms with E-state index in [1.165, 1.54) is 12.3 Å². The van der Waals surface area contributed by atoms with E-state index in [9.17, 15) is 4.79 Å². The Bertz CT molecular complexity index is 301. The van der Waals surface area contributed by atoms with Crippen molar-refractivity contribution in [2.75, 3.05) is 18.9 Å². The van der Waals surface area contributed by atoms with E-state index in [1.807, 2.05) is 0 Å². The molecule has 0 aliphatic carbocycles. The number of nitrogens with two attached hydrogens (primary N) is 1. The third kappa shape index (κ3) is 2.72. The van der Waals surface area contributed by atoms with Crippen molar-refractivity contribution in [2.24, 2.45) is 0 Å². The van der Waals surface area contributed by atoms with Crippen molar-refractivity contribution in [2.45, 2.75) is 0 Å². The van der Waals surface area contributed by atoms with Crippen molar-refractivity contribution in [3.63, 3.8) is 0 Å². The van der Waals surface area contributed by atoms with E-state index < -0.39 is 5.97 Å². The highest BCUT2D eigenvalue weighted by molar-refractivity contribution is 5.88. The number of aromatic nitrogens is 1. The standard InChI is InChI=1S/C8H10N2O3/c9-6-1-2-10-7(5-6)8(12)13-4-3-11/h1-2,5,11H,3-4H2,(H2,9,10). The number of carbonyl (C=O) groups is 1. The van der Waals surface area contributed by atoms with Gasteiger partial charge in [-0.15, -0.1) is 0 Å². The number of ether oxygens (including phenoxy) is 1. The minimum Gasteiger partial charge on any atom is -0.459 e. The van der Waals surface area contributed by atoms with Gasteiger partial charge in [0.15, 0.2) is 0 Å². The second kappa shape index (κ2) is 4.42. The molecule has 1 aromatic rings. The highest BCUT2D eigenvalue weighted by atomic mass is 16.5. The normalized spacial score (nSPS) is 9.62. The van der Waals surface area contributed by atoms with Crippen molar-refractivity contribution >= 4 is 11.7 Å². The van der Waals surface area contributed by atoms with Gasteiger partial charge < -0.3 is 15.6 Å². The maximum Gasteiger partial charge on any atom is 0.357 e. The van der Waals surface area contributed by atoms with Gasteiger partial charge >= 0.3 is 5.97 Å². The molecule has 0 radical (unpaired) electrons. The molecular weight excluding hydrogens is 172 g/mol. The fourth-order valence-corrected chi connectivity index (χ4v) is 0.771. The highest BCUT2D eigenvalue weighted by Gasteiger charge is 2.07. The second-order valence-electron chi connectivity index (χ2n) is 2.33. The molecule has 1 aromatic heterocycles. The number of esters is 1. The molecule has 0 unspecified atom stereocenters. The van der Waals surface area contributed by atoms with Crippen LogP contribution in [0.1, 0.15) is 10.5 Å². The van der Waals surface area contributed by atoms with Crippen LogP contribution in [-0.2, 0) is 4.74 Å². The van der Waals surface area contributed by atoms with Crippen LogP contribution in [0.15, 0.2) is 18.3 Å². The minimum absolute atomic E-state index is 0.0324. The first-order valence-corrected chi connectivity index (χ1v) is 3.73. The maximum atomic E-state index is 11.1. The van der Waals surface area contributed by atoms with Crippen LogP contribution in [0.3, 0.4) is 0 Å². The molecule has 0 amide bonds. The maximum absolute atomic E-state index is 11.1.